The van der Waals surface area contributed by atoms with E-state index in [9.17, 15) is 4.79 Å². The molecule has 1 atom stereocenters. The van der Waals surface area contributed by atoms with E-state index in [1.165, 1.54) is 0 Å². The lowest BCUT2D eigenvalue weighted by atomic mass is 10.3. The van der Waals surface area contributed by atoms with Crippen LogP contribution in [0.5, 0.6) is 0 Å². The second kappa shape index (κ2) is 9.52. The summed E-state index contributed by atoms with van der Waals surface area (Å²) in [5.74, 6) is 0. The normalized spacial score (nSPS) is 11.9. The van der Waals surface area contributed by atoms with E-state index < -0.39 is 0 Å². The zero-order valence-electron chi connectivity index (χ0n) is 10.4. The molecule has 0 radical (unpaired) electrons. The van der Waals surface area contributed by atoms with Crippen LogP contribution in [-0.4, -0.2) is 18.1 Å². The fraction of sp³-hybridized carbons (Fsp3) is 0.615. The van der Waals surface area contributed by atoms with Crippen LogP contribution >= 0.6 is 11.8 Å². The van der Waals surface area contributed by atoms with E-state index in [4.69, 9.17) is 0 Å². The molecule has 0 spiro atoms. The van der Waals surface area contributed by atoms with E-state index >= 15 is 0 Å². The smallest absolute Gasteiger partial charge is 0.120 e. The highest BCUT2D eigenvalue weighted by atomic mass is 32.2. The van der Waals surface area contributed by atoms with Crippen LogP contribution in [0.2, 0.25) is 0 Å². The van der Waals surface area contributed by atoms with Crippen molar-refractivity contribution in [2.45, 2.75) is 44.8 Å². The summed E-state index contributed by atoms with van der Waals surface area (Å²) in [4.78, 5) is 11.3. The Hall–Kier alpha value is -0.700. The minimum absolute atomic E-state index is 0.516. The Morgan fingerprint density at radius 2 is 2.12 bits per heavy atom. The fourth-order valence-electron chi connectivity index (χ4n) is 1.17. The summed E-state index contributed by atoms with van der Waals surface area (Å²) in [5.41, 5.74) is 1.08. The first-order valence-corrected chi connectivity index (χ1v) is 6.71. The maximum atomic E-state index is 10.2. The second-order valence-corrected chi connectivity index (χ2v) is 5.21. The Morgan fingerprint density at radius 1 is 1.44 bits per heavy atom. The zero-order chi connectivity index (χ0) is 12.4. The third kappa shape index (κ3) is 7.57. The Labute approximate surface area is 104 Å². The summed E-state index contributed by atoms with van der Waals surface area (Å²) in [6, 6.07) is 0. The molecule has 0 heterocycles. The molecule has 0 aliphatic heterocycles. The van der Waals surface area contributed by atoms with E-state index in [1.807, 2.05) is 0 Å². The van der Waals surface area contributed by atoms with Crippen molar-refractivity contribution < 1.29 is 4.79 Å². The molecule has 0 saturated carbocycles. The van der Waals surface area contributed by atoms with E-state index in [-0.39, 0.29) is 0 Å². The largest absolute Gasteiger partial charge is 0.388 e. The molecular formula is C13H23NOS. The highest BCUT2D eigenvalue weighted by Crippen LogP contribution is 2.25. The van der Waals surface area contributed by atoms with Crippen molar-refractivity contribution >= 4 is 18.0 Å². The summed E-state index contributed by atoms with van der Waals surface area (Å²) in [5, 5.41) is 3.83. The first kappa shape index (κ1) is 15.3. The van der Waals surface area contributed by atoms with Gasteiger partial charge in [-0.3, -0.25) is 0 Å². The Bertz CT molecular complexity index is 238. The van der Waals surface area contributed by atoms with Crippen LogP contribution in [0.25, 0.3) is 0 Å². The lowest BCUT2D eigenvalue weighted by Gasteiger charge is -2.17. The lowest BCUT2D eigenvalue weighted by molar-refractivity contribution is -0.107. The summed E-state index contributed by atoms with van der Waals surface area (Å²) in [7, 11) is 0. The minimum atomic E-state index is 0.516. The number of rotatable bonds is 10. The van der Waals surface area contributed by atoms with Crippen molar-refractivity contribution in [2.24, 2.45) is 0 Å². The molecule has 92 valence electrons. The average molecular weight is 241 g/mol. The quantitative estimate of drug-likeness (QED) is 0.593. The molecule has 2 nitrogen and oxygen atoms in total. The molecule has 0 aromatic rings. The highest BCUT2D eigenvalue weighted by molar-refractivity contribution is 8.03. The number of nitrogens with one attached hydrogen (secondary N) is 1. The third-order valence-electron chi connectivity index (χ3n) is 2.34. The molecule has 0 rings (SSSR count). The number of thioether (sulfide) groups is 1. The van der Waals surface area contributed by atoms with Gasteiger partial charge in [0.05, 0.1) is 0 Å². The standard InChI is InChI=1S/C13H23NOS/c1-5-11(3)14-10-13(6-2)16-12(4)8-7-9-15/h9,13-14H,3-8,10H2,1-2H3. The molecule has 0 aliphatic carbocycles. The summed E-state index contributed by atoms with van der Waals surface area (Å²) < 4.78 is 0. The monoisotopic (exact) mass is 241 g/mol. The Morgan fingerprint density at radius 3 is 2.62 bits per heavy atom. The van der Waals surface area contributed by atoms with E-state index in [0.717, 1.165) is 42.7 Å². The molecule has 1 unspecified atom stereocenters. The Kier molecular flexibility index (Phi) is 9.10. The molecule has 0 amide bonds. The summed E-state index contributed by atoms with van der Waals surface area (Å²) >= 11 is 1.78. The molecule has 0 aromatic heterocycles. The van der Waals surface area contributed by atoms with Crippen LogP contribution in [0.4, 0.5) is 0 Å². The SMILES string of the molecule is C=C(CC)NCC(CC)SC(=C)CCC=O. The Balaban J connectivity index is 3.85. The first-order valence-electron chi connectivity index (χ1n) is 5.83. The van der Waals surface area contributed by atoms with Gasteiger partial charge in [0.15, 0.2) is 0 Å². The number of allylic oxidation sites excluding steroid dienone is 2. The van der Waals surface area contributed by atoms with Gasteiger partial charge in [0, 0.05) is 23.9 Å². The molecule has 3 heteroatoms. The van der Waals surface area contributed by atoms with Crippen molar-refractivity contribution in [3.05, 3.63) is 23.8 Å². The maximum Gasteiger partial charge on any atom is 0.120 e. The number of aldehydes is 1. The molecule has 16 heavy (non-hydrogen) atoms. The van der Waals surface area contributed by atoms with Crippen molar-refractivity contribution in [1.29, 1.82) is 0 Å². The fourth-order valence-corrected chi connectivity index (χ4v) is 2.21. The first-order chi connectivity index (χ1) is 7.63. The third-order valence-corrected chi connectivity index (χ3v) is 3.71. The zero-order valence-corrected chi connectivity index (χ0v) is 11.2. The van der Waals surface area contributed by atoms with Crippen molar-refractivity contribution in [3.8, 4) is 0 Å². The van der Waals surface area contributed by atoms with E-state index in [0.29, 0.717) is 11.7 Å². The highest BCUT2D eigenvalue weighted by Gasteiger charge is 2.08. The molecule has 0 aliphatic rings. The van der Waals surface area contributed by atoms with Crippen LogP contribution in [-0.2, 0) is 4.79 Å². The average Bonchev–Trinajstić information content (AvgIpc) is 2.31. The molecule has 0 aromatic carbocycles. The van der Waals surface area contributed by atoms with Crippen molar-refractivity contribution in [2.75, 3.05) is 6.54 Å². The van der Waals surface area contributed by atoms with Crippen LogP contribution in [0.3, 0.4) is 0 Å². The number of hydrogen-bond acceptors (Lipinski definition) is 3. The van der Waals surface area contributed by atoms with Gasteiger partial charge in [-0.25, -0.2) is 0 Å². The number of carbonyl (C=O) groups excluding carboxylic acids is 1. The van der Waals surface area contributed by atoms with Gasteiger partial charge < -0.3 is 10.1 Å². The lowest BCUT2D eigenvalue weighted by Crippen LogP contribution is -2.23. The molecule has 0 fully saturated rings. The number of hydrogen-bond donors (Lipinski definition) is 1. The minimum Gasteiger partial charge on any atom is -0.388 e. The van der Waals surface area contributed by atoms with Crippen molar-refractivity contribution in [1.82, 2.24) is 5.32 Å². The molecule has 0 saturated heterocycles. The molecule has 1 N–H and O–H groups in total. The topological polar surface area (TPSA) is 29.1 Å². The predicted octanol–water partition coefficient (Wildman–Crippen LogP) is 3.50. The van der Waals surface area contributed by atoms with Gasteiger partial charge in [-0.1, -0.05) is 27.0 Å². The van der Waals surface area contributed by atoms with Crippen LogP contribution in [0.1, 0.15) is 39.5 Å². The van der Waals surface area contributed by atoms with Crippen LogP contribution in [0, 0.1) is 0 Å². The van der Waals surface area contributed by atoms with Crippen molar-refractivity contribution in [3.63, 3.8) is 0 Å². The van der Waals surface area contributed by atoms with Gasteiger partial charge in [-0.2, -0.15) is 0 Å². The summed E-state index contributed by atoms with van der Waals surface area (Å²) in [6.07, 6.45) is 4.38. The van der Waals surface area contributed by atoms with Gasteiger partial charge in [0.25, 0.3) is 0 Å². The van der Waals surface area contributed by atoms with E-state index in [2.05, 4.69) is 32.3 Å². The summed E-state index contributed by atoms with van der Waals surface area (Å²) in [6.45, 7) is 13.1. The van der Waals surface area contributed by atoms with E-state index in [1.54, 1.807) is 11.8 Å². The van der Waals surface area contributed by atoms with Crippen LogP contribution in [0.15, 0.2) is 23.8 Å². The van der Waals surface area contributed by atoms with Gasteiger partial charge in [0.2, 0.25) is 0 Å². The maximum absolute atomic E-state index is 10.2. The second-order valence-electron chi connectivity index (χ2n) is 3.73. The van der Waals surface area contributed by atoms with Gasteiger partial charge in [-0.05, 0) is 24.2 Å². The van der Waals surface area contributed by atoms with Crippen LogP contribution < -0.4 is 5.32 Å². The number of carbonyl (C=O) groups is 1. The van der Waals surface area contributed by atoms with Gasteiger partial charge in [-0.15, -0.1) is 11.8 Å². The molecule has 0 bridgehead atoms. The predicted molar refractivity (Wildman–Crippen MR) is 73.5 cm³/mol. The van der Waals surface area contributed by atoms with Gasteiger partial charge in [0.1, 0.15) is 6.29 Å². The van der Waals surface area contributed by atoms with Gasteiger partial charge >= 0.3 is 0 Å². The molecular weight excluding hydrogens is 218 g/mol.